The quantitative estimate of drug-likeness (QED) is 0.874. The molecule has 0 saturated heterocycles. The zero-order valence-electron chi connectivity index (χ0n) is 9.75. The first-order valence-electron chi connectivity index (χ1n) is 5.36. The Morgan fingerprint density at radius 3 is 2.58 bits per heavy atom. The Kier molecular flexibility index (Phi) is 3.70. The van der Waals surface area contributed by atoms with Gasteiger partial charge in [-0.15, -0.1) is 10.2 Å². The summed E-state index contributed by atoms with van der Waals surface area (Å²) in [4.78, 5) is 0. The zero-order chi connectivity index (χ0) is 14.0. The van der Waals surface area contributed by atoms with Crippen LogP contribution in [-0.2, 0) is 6.18 Å². The van der Waals surface area contributed by atoms with Crippen LogP contribution in [-0.4, -0.2) is 16.7 Å². The fraction of sp³-hybridized carbons (Fsp3) is 0.273. The van der Waals surface area contributed by atoms with Crippen molar-refractivity contribution in [2.45, 2.75) is 13.1 Å². The summed E-state index contributed by atoms with van der Waals surface area (Å²) in [6.07, 6.45) is -4.70. The van der Waals surface area contributed by atoms with Crippen LogP contribution in [0, 0.1) is 5.82 Å². The van der Waals surface area contributed by atoms with E-state index in [0.29, 0.717) is 22.8 Å². The second-order valence-corrected chi connectivity index (χ2v) is 4.61. The third-order valence-electron chi connectivity index (χ3n) is 2.27. The molecule has 0 fully saturated rings. The molecule has 0 aliphatic carbocycles. The van der Waals surface area contributed by atoms with E-state index in [1.807, 2.05) is 6.92 Å². The summed E-state index contributed by atoms with van der Waals surface area (Å²) in [5.41, 5.74) is -1.01. The summed E-state index contributed by atoms with van der Waals surface area (Å²) in [6.45, 7) is 2.52. The maximum Gasteiger partial charge on any atom is 0.419 e. The predicted octanol–water partition coefficient (Wildman–Crippen LogP) is 3.79. The molecule has 102 valence electrons. The Hall–Kier alpha value is -1.70. The minimum absolute atomic E-state index is 0.271. The molecule has 0 spiro atoms. The summed E-state index contributed by atoms with van der Waals surface area (Å²) < 4.78 is 50.6. The van der Waals surface area contributed by atoms with E-state index in [2.05, 4.69) is 15.5 Å². The smallest absolute Gasteiger partial charge is 0.360 e. The van der Waals surface area contributed by atoms with Gasteiger partial charge in [0.05, 0.1) is 5.56 Å². The minimum Gasteiger partial charge on any atom is -0.360 e. The summed E-state index contributed by atoms with van der Waals surface area (Å²) >= 11 is 1.15. The van der Waals surface area contributed by atoms with E-state index < -0.39 is 17.6 Å². The summed E-state index contributed by atoms with van der Waals surface area (Å²) in [5.74, 6) is -1.31. The highest BCUT2D eigenvalue weighted by Gasteiger charge is 2.34. The number of anilines is 1. The number of nitrogens with one attached hydrogen (secondary N) is 1. The Balaban J connectivity index is 2.33. The van der Waals surface area contributed by atoms with E-state index in [0.717, 1.165) is 17.4 Å². The van der Waals surface area contributed by atoms with Crippen LogP contribution in [0.4, 0.5) is 22.7 Å². The molecule has 8 heteroatoms. The molecule has 0 aliphatic rings. The SMILES string of the molecule is CCNc1nnc(-c2ccc(C(F)(F)F)c(F)c2)s1. The van der Waals surface area contributed by atoms with E-state index in [-0.39, 0.29) is 5.56 Å². The molecule has 0 aliphatic heterocycles. The second kappa shape index (κ2) is 5.12. The zero-order valence-corrected chi connectivity index (χ0v) is 10.6. The van der Waals surface area contributed by atoms with Crippen LogP contribution in [0.2, 0.25) is 0 Å². The fourth-order valence-electron chi connectivity index (χ4n) is 1.44. The van der Waals surface area contributed by atoms with Gasteiger partial charge in [0.25, 0.3) is 0 Å². The lowest BCUT2D eigenvalue weighted by atomic mass is 10.1. The van der Waals surface area contributed by atoms with Crippen molar-refractivity contribution in [2.24, 2.45) is 0 Å². The molecule has 19 heavy (non-hydrogen) atoms. The Bertz CT molecular complexity index is 580. The first-order valence-corrected chi connectivity index (χ1v) is 6.18. The highest BCUT2D eigenvalue weighted by molar-refractivity contribution is 7.18. The van der Waals surface area contributed by atoms with Crippen LogP contribution < -0.4 is 5.32 Å². The van der Waals surface area contributed by atoms with Gasteiger partial charge in [0.2, 0.25) is 5.13 Å². The van der Waals surface area contributed by atoms with E-state index in [4.69, 9.17) is 0 Å². The third kappa shape index (κ3) is 3.01. The van der Waals surface area contributed by atoms with Crippen LogP contribution in [0.5, 0.6) is 0 Å². The number of halogens is 4. The number of hydrogen-bond acceptors (Lipinski definition) is 4. The minimum atomic E-state index is -4.70. The largest absolute Gasteiger partial charge is 0.419 e. The molecule has 0 bridgehead atoms. The van der Waals surface area contributed by atoms with Crippen molar-refractivity contribution < 1.29 is 17.6 Å². The van der Waals surface area contributed by atoms with Crippen LogP contribution in [0.25, 0.3) is 10.6 Å². The topological polar surface area (TPSA) is 37.8 Å². The van der Waals surface area contributed by atoms with E-state index in [9.17, 15) is 17.6 Å². The summed E-state index contributed by atoms with van der Waals surface area (Å²) in [7, 11) is 0. The van der Waals surface area contributed by atoms with Gasteiger partial charge in [-0.25, -0.2) is 4.39 Å². The number of benzene rings is 1. The van der Waals surface area contributed by atoms with Gasteiger partial charge in [-0.05, 0) is 19.1 Å². The maximum absolute atomic E-state index is 13.4. The Morgan fingerprint density at radius 1 is 1.26 bits per heavy atom. The van der Waals surface area contributed by atoms with Crippen molar-refractivity contribution in [1.82, 2.24) is 10.2 Å². The number of hydrogen-bond donors (Lipinski definition) is 1. The second-order valence-electron chi connectivity index (χ2n) is 3.64. The lowest BCUT2D eigenvalue weighted by Crippen LogP contribution is -2.07. The fourth-order valence-corrected chi connectivity index (χ4v) is 2.25. The number of rotatable bonds is 3. The van der Waals surface area contributed by atoms with Gasteiger partial charge < -0.3 is 5.32 Å². The van der Waals surface area contributed by atoms with Crippen molar-refractivity contribution in [2.75, 3.05) is 11.9 Å². The van der Waals surface area contributed by atoms with Crippen LogP contribution in [0.15, 0.2) is 18.2 Å². The van der Waals surface area contributed by atoms with Gasteiger partial charge in [0.15, 0.2) is 0 Å². The molecule has 0 radical (unpaired) electrons. The van der Waals surface area contributed by atoms with Crippen molar-refractivity contribution in [3.63, 3.8) is 0 Å². The molecule has 1 N–H and O–H groups in total. The average Bonchev–Trinajstić information content (AvgIpc) is 2.76. The first-order chi connectivity index (χ1) is 8.91. The molecule has 1 heterocycles. The van der Waals surface area contributed by atoms with Crippen LogP contribution in [0.1, 0.15) is 12.5 Å². The lowest BCUT2D eigenvalue weighted by Gasteiger charge is -2.08. The van der Waals surface area contributed by atoms with Crippen molar-refractivity contribution in [3.8, 4) is 10.6 Å². The Morgan fingerprint density at radius 2 is 2.00 bits per heavy atom. The average molecular weight is 291 g/mol. The number of alkyl halides is 3. The molecule has 0 amide bonds. The first kappa shape index (κ1) is 13.7. The molecule has 1 aromatic carbocycles. The van der Waals surface area contributed by atoms with E-state index >= 15 is 0 Å². The molecule has 0 atom stereocenters. The van der Waals surface area contributed by atoms with E-state index in [1.165, 1.54) is 6.07 Å². The van der Waals surface area contributed by atoms with Gasteiger partial charge in [-0.1, -0.05) is 17.4 Å². The van der Waals surface area contributed by atoms with Gasteiger partial charge in [0, 0.05) is 12.1 Å². The van der Waals surface area contributed by atoms with Gasteiger partial charge in [-0.3, -0.25) is 0 Å². The number of aromatic nitrogens is 2. The molecule has 2 aromatic rings. The van der Waals surface area contributed by atoms with Gasteiger partial charge in [0.1, 0.15) is 10.8 Å². The molecule has 2 rings (SSSR count). The number of nitrogens with zero attached hydrogens (tertiary/aromatic N) is 2. The standard InChI is InChI=1S/C11H9F4N3S/c1-2-16-10-18-17-9(19-10)6-3-4-7(8(12)5-6)11(13,14)15/h3-5H,2H2,1H3,(H,16,18). The van der Waals surface area contributed by atoms with Crippen LogP contribution >= 0.6 is 11.3 Å². The summed E-state index contributed by atoms with van der Waals surface area (Å²) in [6, 6.07) is 2.71. The van der Waals surface area contributed by atoms with Gasteiger partial charge in [-0.2, -0.15) is 13.2 Å². The van der Waals surface area contributed by atoms with E-state index in [1.54, 1.807) is 0 Å². The molecular formula is C11H9F4N3S. The molecule has 0 unspecified atom stereocenters. The van der Waals surface area contributed by atoms with Crippen molar-refractivity contribution in [1.29, 1.82) is 0 Å². The molecule has 0 saturated carbocycles. The normalized spacial score (nSPS) is 11.6. The molecule has 3 nitrogen and oxygen atoms in total. The monoisotopic (exact) mass is 291 g/mol. The lowest BCUT2D eigenvalue weighted by molar-refractivity contribution is -0.139. The highest BCUT2D eigenvalue weighted by atomic mass is 32.1. The molecular weight excluding hydrogens is 282 g/mol. The van der Waals surface area contributed by atoms with Crippen molar-refractivity contribution >= 4 is 16.5 Å². The van der Waals surface area contributed by atoms with Crippen molar-refractivity contribution in [3.05, 3.63) is 29.6 Å². The predicted molar refractivity (Wildman–Crippen MR) is 64.5 cm³/mol. The third-order valence-corrected chi connectivity index (χ3v) is 3.20. The highest BCUT2D eigenvalue weighted by Crippen LogP contribution is 2.34. The maximum atomic E-state index is 13.4. The van der Waals surface area contributed by atoms with Gasteiger partial charge >= 0.3 is 6.18 Å². The van der Waals surface area contributed by atoms with Crippen LogP contribution in [0.3, 0.4) is 0 Å². The Labute approximate surface area is 110 Å². The molecule has 1 aromatic heterocycles. The summed E-state index contributed by atoms with van der Waals surface area (Å²) in [5, 5.41) is 11.4.